The molecule has 0 atom stereocenters. The van der Waals surface area contributed by atoms with Crippen molar-refractivity contribution < 1.29 is 4.74 Å². The molecule has 4 heterocycles. The molecule has 1 N–H and O–H groups in total. The summed E-state index contributed by atoms with van der Waals surface area (Å²) < 4.78 is 8.37. The van der Waals surface area contributed by atoms with Crippen molar-refractivity contribution in [1.29, 1.82) is 0 Å². The number of ether oxygens (including phenoxy) is 1. The van der Waals surface area contributed by atoms with E-state index in [1.165, 1.54) is 5.69 Å². The Morgan fingerprint density at radius 2 is 2.08 bits per heavy atom. The number of pyridine rings is 2. The maximum Gasteiger partial charge on any atom is 0.130 e. The van der Waals surface area contributed by atoms with Crippen molar-refractivity contribution in [3.8, 4) is 0 Å². The minimum absolute atomic E-state index is 0.701. The smallest absolute Gasteiger partial charge is 0.130 e. The zero-order chi connectivity index (χ0) is 16.4. The molecule has 3 aromatic heterocycles. The molecule has 7 heteroatoms. The zero-order valence-electron chi connectivity index (χ0n) is 13.2. The molecule has 0 unspecified atom stereocenters. The van der Waals surface area contributed by atoms with E-state index in [1.54, 1.807) is 6.20 Å². The molecule has 1 saturated heterocycles. The number of nitrogens with one attached hydrogen (secondary N) is 1. The van der Waals surface area contributed by atoms with Crippen molar-refractivity contribution in [2.24, 2.45) is 0 Å². The van der Waals surface area contributed by atoms with E-state index in [4.69, 9.17) is 4.74 Å². The van der Waals surface area contributed by atoms with Crippen molar-refractivity contribution in [3.05, 3.63) is 52.9 Å². The van der Waals surface area contributed by atoms with Gasteiger partial charge in [0.15, 0.2) is 0 Å². The van der Waals surface area contributed by atoms with Crippen LogP contribution in [0.3, 0.4) is 0 Å². The van der Waals surface area contributed by atoms with Gasteiger partial charge in [0.2, 0.25) is 0 Å². The summed E-state index contributed by atoms with van der Waals surface area (Å²) >= 11 is 3.59. The number of fused-ring (bicyclic) bond motifs is 1. The van der Waals surface area contributed by atoms with Crippen molar-refractivity contribution in [3.63, 3.8) is 0 Å². The number of hydrogen-bond donors (Lipinski definition) is 1. The molecule has 6 nitrogen and oxygen atoms in total. The largest absolute Gasteiger partial charge is 0.378 e. The standard InChI is InChI=1S/C17H18BrN5O/c18-15-12-21-23-16(15)8-14(22-4-6-24-7-5-22)9-17(23)20-11-13-2-1-3-19-10-13/h1-3,8-10,12,20H,4-7,11H2. The molecular formula is C17H18BrN5O. The van der Waals surface area contributed by atoms with Crippen LogP contribution in [0, 0.1) is 0 Å². The van der Waals surface area contributed by atoms with Crippen molar-refractivity contribution in [1.82, 2.24) is 14.6 Å². The zero-order valence-corrected chi connectivity index (χ0v) is 14.7. The van der Waals surface area contributed by atoms with E-state index in [1.807, 2.05) is 23.0 Å². The molecule has 1 aliphatic rings. The molecular weight excluding hydrogens is 370 g/mol. The van der Waals surface area contributed by atoms with Crippen LogP contribution >= 0.6 is 15.9 Å². The second-order valence-electron chi connectivity index (χ2n) is 5.70. The molecule has 1 fully saturated rings. The summed E-state index contributed by atoms with van der Waals surface area (Å²) in [5.41, 5.74) is 3.36. The lowest BCUT2D eigenvalue weighted by atomic mass is 10.2. The van der Waals surface area contributed by atoms with E-state index in [0.717, 1.165) is 47.7 Å². The normalized spacial score (nSPS) is 15.0. The van der Waals surface area contributed by atoms with E-state index >= 15 is 0 Å². The van der Waals surface area contributed by atoms with Gasteiger partial charge in [0.05, 0.1) is 29.4 Å². The van der Waals surface area contributed by atoms with E-state index < -0.39 is 0 Å². The highest BCUT2D eigenvalue weighted by molar-refractivity contribution is 9.10. The molecule has 0 aliphatic carbocycles. The molecule has 124 valence electrons. The minimum atomic E-state index is 0.701. The van der Waals surface area contributed by atoms with Gasteiger partial charge < -0.3 is 15.0 Å². The van der Waals surface area contributed by atoms with Crippen LogP contribution in [0.4, 0.5) is 11.5 Å². The molecule has 0 spiro atoms. The Balaban J connectivity index is 1.67. The Kier molecular flexibility index (Phi) is 4.36. The Morgan fingerprint density at radius 1 is 1.21 bits per heavy atom. The van der Waals surface area contributed by atoms with Crippen molar-refractivity contribution in [2.45, 2.75) is 6.54 Å². The summed E-state index contributed by atoms with van der Waals surface area (Å²) in [6.45, 7) is 4.05. The van der Waals surface area contributed by atoms with Gasteiger partial charge in [-0.2, -0.15) is 5.10 Å². The average Bonchev–Trinajstić information content (AvgIpc) is 3.02. The summed E-state index contributed by atoms with van der Waals surface area (Å²) in [6, 6.07) is 8.31. The number of aromatic nitrogens is 3. The van der Waals surface area contributed by atoms with Crippen LogP contribution in [0.1, 0.15) is 5.56 Å². The lowest BCUT2D eigenvalue weighted by molar-refractivity contribution is 0.122. The van der Waals surface area contributed by atoms with Gasteiger partial charge in [0.25, 0.3) is 0 Å². The molecule has 4 rings (SSSR count). The quantitative estimate of drug-likeness (QED) is 0.745. The lowest BCUT2D eigenvalue weighted by Crippen LogP contribution is -2.36. The van der Waals surface area contributed by atoms with Gasteiger partial charge in [0.1, 0.15) is 5.82 Å². The maximum atomic E-state index is 5.46. The summed E-state index contributed by atoms with van der Waals surface area (Å²) in [5.74, 6) is 0.962. The second-order valence-corrected chi connectivity index (χ2v) is 6.56. The van der Waals surface area contributed by atoms with Crippen LogP contribution in [0.15, 0.2) is 47.3 Å². The molecule has 24 heavy (non-hydrogen) atoms. The summed E-state index contributed by atoms with van der Waals surface area (Å²) in [5, 5.41) is 7.94. The van der Waals surface area contributed by atoms with Crippen LogP contribution in [0.25, 0.3) is 5.52 Å². The SMILES string of the molecule is Brc1cnn2c(NCc3cccnc3)cc(N3CCOCC3)cc12. The summed E-state index contributed by atoms with van der Waals surface area (Å²) in [6.07, 6.45) is 5.48. The molecule has 3 aromatic rings. The first kappa shape index (κ1) is 15.4. The fraction of sp³-hybridized carbons (Fsp3) is 0.294. The predicted molar refractivity (Wildman–Crippen MR) is 97.5 cm³/mol. The van der Waals surface area contributed by atoms with Crippen LogP contribution in [-0.2, 0) is 11.3 Å². The molecule has 0 amide bonds. The number of morpholine rings is 1. The van der Waals surface area contributed by atoms with Gasteiger partial charge in [-0.3, -0.25) is 4.98 Å². The van der Waals surface area contributed by atoms with Crippen LogP contribution in [0.2, 0.25) is 0 Å². The van der Waals surface area contributed by atoms with Crippen LogP contribution in [0.5, 0.6) is 0 Å². The number of hydrogen-bond acceptors (Lipinski definition) is 5. The number of anilines is 2. The highest BCUT2D eigenvalue weighted by Gasteiger charge is 2.15. The Hall–Kier alpha value is -2.12. The third-order valence-electron chi connectivity index (χ3n) is 4.13. The first-order valence-corrected chi connectivity index (χ1v) is 8.73. The number of rotatable bonds is 4. The maximum absolute atomic E-state index is 5.46. The monoisotopic (exact) mass is 387 g/mol. The molecule has 0 radical (unpaired) electrons. The van der Waals surface area contributed by atoms with E-state index in [-0.39, 0.29) is 0 Å². The fourth-order valence-electron chi connectivity index (χ4n) is 2.87. The third-order valence-corrected chi connectivity index (χ3v) is 4.74. The predicted octanol–water partition coefficient (Wildman–Crippen LogP) is 2.94. The lowest BCUT2D eigenvalue weighted by Gasteiger charge is -2.29. The Bertz CT molecular complexity index is 830. The van der Waals surface area contributed by atoms with Gasteiger partial charge in [-0.05, 0) is 33.6 Å². The summed E-state index contributed by atoms with van der Waals surface area (Å²) in [7, 11) is 0. The van der Waals surface area contributed by atoms with E-state index in [2.05, 4.69) is 54.4 Å². The van der Waals surface area contributed by atoms with Crippen molar-refractivity contribution in [2.75, 3.05) is 36.5 Å². The number of nitrogens with zero attached hydrogens (tertiary/aromatic N) is 4. The van der Waals surface area contributed by atoms with E-state index in [0.29, 0.717) is 6.54 Å². The van der Waals surface area contributed by atoms with Crippen LogP contribution in [-0.4, -0.2) is 40.9 Å². The molecule has 0 saturated carbocycles. The molecule has 1 aliphatic heterocycles. The first-order chi connectivity index (χ1) is 11.8. The van der Waals surface area contributed by atoms with Gasteiger partial charge in [-0.1, -0.05) is 6.07 Å². The van der Waals surface area contributed by atoms with E-state index in [9.17, 15) is 0 Å². The van der Waals surface area contributed by atoms with Crippen molar-refractivity contribution >= 4 is 33.0 Å². The van der Waals surface area contributed by atoms with Gasteiger partial charge in [-0.15, -0.1) is 0 Å². The topological polar surface area (TPSA) is 54.7 Å². The minimum Gasteiger partial charge on any atom is -0.378 e. The van der Waals surface area contributed by atoms with Gasteiger partial charge in [0, 0.05) is 43.8 Å². The highest BCUT2D eigenvalue weighted by Crippen LogP contribution is 2.28. The molecule has 0 aromatic carbocycles. The average molecular weight is 388 g/mol. The molecule has 0 bridgehead atoms. The summed E-state index contributed by atoms with van der Waals surface area (Å²) in [4.78, 5) is 6.51. The first-order valence-electron chi connectivity index (χ1n) is 7.94. The van der Waals surface area contributed by atoms with Gasteiger partial charge >= 0.3 is 0 Å². The van der Waals surface area contributed by atoms with Gasteiger partial charge in [-0.25, -0.2) is 4.52 Å². The van der Waals surface area contributed by atoms with Crippen LogP contribution < -0.4 is 10.2 Å². The highest BCUT2D eigenvalue weighted by atomic mass is 79.9. The Morgan fingerprint density at radius 3 is 2.88 bits per heavy atom. The number of halogens is 1. The fourth-order valence-corrected chi connectivity index (χ4v) is 3.24. The second kappa shape index (κ2) is 6.78. The third kappa shape index (κ3) is 3.09. The Labute approximate surface area is 148 Å².